The van der Waals surface area contributed by atoms with Crippen LogP contribution < -0.4 is 4.74 Å². The Morgan fingerprint density at radius 2 is 1.40 bits per heavy atom. The van der Waals surface area contributed by atoms with Crippen LogP contribution in [0.4, 0.5) is 0 Å². The highest BCUT2D eigenvalue weighted by molar-refractivity contribution is 7.85. The lowest BCUT2D eigenvalue weighted by Gasteiger charge is -2.08. The second kappa shape index (κ2) is 10.0. The van der Waals surface area contributed by atoms with Gasteiger partial charge in [-0.1, -0.05) is 54.6 Å². The lowest BCUT2D eigenvalue weighted by Crippen LogP contribution is -2.11. The molecule has 3 aromatic carbocycles. The molecule has 7 heteroatoms. The Labute approximate surface area is 176 Å². The molecule has 0 bridgehead atoms. The maximum Gasteiger partial charge on any atom is 0.338 e. The number of ether oxygens (including phenoxy) is 2. The van der Waals surface area contributed by atoms with Crippen molar-refractivity contribution in [3.8, 4) is 16.9 Å². The van der Waals surface area contributed by atoms with E-state index < -0.39 is 10.1 Å². The molecule has 0 N–H and O–H groups in total. The molecule has 30 heavy (non-hydrogen) atoms. The van der Waals surface area contributed by atoms with Crippen LogP contribution in [0.25, 0.3) is 11.1 Å². The summed E-state index contributed by atoms with van der Waals surface area (Å²) in [5, 5.41) is 0. The third kappa shape index (κ3) is 6.72. The van der Waals surface area contributed by atoms with Gasteiger partial charge in [0.1, 0.15) is 25.6 Å². The number of rotatable bonds is 9. The van der Waals surface area contributed by atoms with Crippen LogP contribution in [0.5, 0.6) is 5.75 Å². The van der Waals surface area contributed by atoms with E-state index in [9.17, 15) is 13.2 Å². The van der Waals surface area contributed by atoms with Crippen LogP contribution in [0.3, 0.4) is 0 Å². The first-order valence-corrected chi connectivity index (χ1v) is 11.1. The summed E-state index contributed by atoms with van der Waals surface area (Å²) in [7, 11) is -3.46. The molecule has 3 aromatic rings. The largest absolute Gasteiger partial charge is 0.491 e. The zero-order chi connectivity index (χ0) is 21.4. The monoisotopic (exact) mass is 426 g/mol. The van der Waals surface area contributed by atoms with Crippen molar-refractivity contribution in [2.75, 3.05) is 19.5 Å². The fourth-order valence-corrected chi connectivity index (χ4v) is 3.06. The van der Waals surface area contributed by atoms with E-state index in [2.05, 4.69) is 4.18 Å². The van der Waals surface area contributed by atoms with Crippen LogP contribution in [0.1, 0.15) is 15.9 Å². The van der Waals surface area contributed by atoms with E-state index in [1.165, 1.54) is 0 Å². The Hall–Kier alpha value is -3.16. The van der Waals surface area contributed by atoms with Gasteiger partial charge in [0.05, 0.1) is 11.8 Å². The molecule has 0 saturated carbocycles. The molecule has 3 rings (SSSR count). The molecule has 0 heterocycles. The van der Waals surface area contributed by atoms with Crippen molar-refractivity contribution in [1.82, 2.24) is 0 Å². The fourth-order valence-electron chi connectivity index (χ4n) is 2.69. The van der Waals surface area contributed by atoms with E-state index in [-0.39, 0.29) is 25.8 Å². The molecule has 0 amide bonds. The maximum atomic E-state index is 12.2. The van der Waals surface area contributed by atoms with Gasteiger partial charge in [-0.2, -0.15) is 8.42 Å². The SMILES string of the molecule is CS(=O)(=O)OCCOc1ccc(-c2ccc(C(=O)OCc3ccccc3)cc2)cc1. The Morgan fingerprint density at radius 3 is 2.00 bits per heavy atom. The van der Waals surface area contributed by atoms with Gasteiger partial charge in [-0.25, -0.2) is 4.79 Å². The summed E-state index contributed by atoms with van der Waals surface area (Å²) >= 11 is 0. The third-order valence-electron chi connectivity index (χ3n) is 4.17. The lowest BCUT2D eigenvalue weighted by atomic mass is 10.0. The molecule has 0 aromatic heterocycles. The van der Waals surface area contributed by atoms with Gasteiger partial charge in [-0.3, -0.25) is 4.18 Å². The minimum Gasteiger partial charge on any atom is -0.491 e. The predicted octanol–water partition coefficient (Wildman–Crippen LogP) is 4.07. The van der Waals surface area contributed by atoms with Crippen LogP contribution >= 0.6 is 0 Å². The van der Waals surface area contributed by atoms with Crippen molar-refractivity contribution < 1.29 is 26.9 Å². The highest BCUT2D eigenvalue weighted by Crippen LogP contribution is 2.23. The first-order valence-electron chi connectivity index (χ1n) is 9.29. The molecule has 0 aliphatic heterocycles. The van der Waals surface area contributed by atoms with E-state index in [1.807, 2.05) is 54.6 Å². The van der Waals surface area contributed by atoms with Crippen LogP contribution in [0.15, 0.2) is 78.9 Å². The van der Waals surface area contributed by atoms with Gasteiger partial charge in [-0.15, -0.1) is 0 Å². The van der Waals surface area contributed by atoms with Gasteiger partial charge in [0.25, 0.3) is 10.1 Å². The van der Waals surface area contributed by atoms with Crippen molar-refractivity contribution in [3.63, 3.8) is 0 Å². The average molecular weight is 426 g/mol. The average Bonchev–Trinajstić information content (AvgIpc) is 2.76. The number of hydrogen-bond donors (Lipinski definition) is 0. The zero-order valence-corrected chi connectivity index (χ0v) is 17.3. The van der Waals surface area contributed by atoms with Gasteiger partial charge < -0.3 is 9.47 Å². The normalized spacial score (nSPS) is 11.1. The zero-order valence-electron chi connectivity index (χ0n) is 16.5. The number of carbonyl (C=O) groups excluding carboxylic acids is 1. The van der Waals surface area contributed by atoms with Crippen molar-refractivity contribution in [1.29, 1.82) is 0 Å². The second-order valence-corrected chi connectivity index (χ2v) is 8.18. The first-order chi connectivity index (χ1) is 14.4. The summed E-state index contributed by atoms with van der Waals surface area (Å²) in [6, 6.07) is 24.0. The number of carbonyl (C=O) groups is 1. The molecule has 156 valence electrons. The minimum atomic E-state index is -3.46. The molecule has 0 aliphatic rings. The number of esters is 1. The predicted molar refractivity (Wildman–Crippen MR) is 114 cm³/mol. The molecule has 0 spiro atoms. The number of hydrogen-bond acceptors (Lipinski definition) is 6. The Balaban J connectivity index is 1.53. The van der Waals surface area contributed by atoms with E-state index in [0.29, 0.717) is 11.3 Å². The standard InChI is InChI=1S/C23H22O6S/c1-30(25,26)29-16-15-27-22-13-11-20(12-14-22)19-7-9-21(10-8-19)23(24)28-17-18-5-3-2-4-6-18/h2-14H,15-17H2,1H3. The Bertz CT molecular complexity index is 1060. The van der Waals surface area contributed by atoms with Gasteiger partial charge >= 0.3 is 5.97 Å². The highest BCUT2D eigenvalue weighted by atomic mass is 32.2. The molecule has 6 nitrogen and oxygen atoms in total. The fraction of sp³-hybridized carbons (Fsp3) is 0.174. The lowest BCUT2D eigenvalue weighted by molar-refractivity contribution is 0.0472. The Morgan fingerprint density at radius 1 is 0.800 bits per heavy atom. The summed E-state index contributed by atoms with van der Waals surface area (Å²) in [5.74, 6) is 0.238. The smallest absolute Gasteiger partial charge is 0.338 e. The second-order valence-electron chi connectivity index (χ2n) is 6.54. The summed E-state index contributed by atoms with van der Waals surface area (Å²) in [4.78, 5) is 12.2. The topological polar surface area (TPSA) is 78.9 Å². The molecule has 0 fully saturated rings. The molecule has 0 radical (unpaired) electrons. The molecule has 0 atom stereocenters. The van der Waals surface area contributed by atoms with E-state index in [4.69, 9.17) is 9.47 Å². The van der Waals surface area contributed by atoms with E-state index in [0.717, 1.165) is 22.9 Å². The van der Waals surface area contributed by atoms with Crippen molar-refractivity contribution in [3.05, 3.63) is 90.0 Å². The van der Waals surface area contributed by atoms with Gasteiger partial charge in [0, 0.05) is 0 Å². The van der Waals surface area contributed by atoms with Crippen molar-refractivity contribution >= 4 is 16.1 Å². The minimum absolute atomic E-state index is 0.0393. The van der Waals surface area contributed by atoms with Crippen molar-refractivity contribution in [2.45, 2.75) is 6.61 Å². The molecular formula is C23H22O6S. The van der Waals surface area contributed by atoms with Crippen molar-refractivity contribution in [2.24, 2.45) is 0 Å². The molecule has 0 saturated heterocycles. The molecule has 0 unspecified atom stereocenters. The summed E-state index contributed by atoms with van der Waals surface area (Å²) in [6.07, 6.45) is 0.996. The molecular weight excluding hydrogens is 404 g/mol. The summed E-state index contributed by atoms with van der Waals surface area (Å²) in [6.45, 7) is 0.326. The van der Waals surface area contributed by atoms with Gasteiger partial charge in [0.15, 0.2) is 0 Å². The van der Waals surface area contributed by atoms with Crippen LogP contribution in [-0.2, 0) is 25.6 Å². The quantitative estimate of drug-likeness (QED) is 0.292. The van der Waals surface area contributed by atoms with Gasteiger partial charge in [0.2, 0.25) is 0 Å². The number of benzene rings is 3. The molecule has 0 aliphatic carbocycles. The van der Waals surface area contributed by atoms with E-state index in [1.54, 1.807) is 24.3 Å². The van der Waals surface area contributed by atoms with E-state index >= 15 is 0 Å². The van der Waals surface area contributed by atoms with Crippen LogP contribution in [-0.4, -0.2) is 33.9 Å². The summed E-state index contributed by atoms with van der Waals surface area (Å²) in [5.41, 5.74) is 3.33. The summed E-state index contributed by atoms with van der Waals surface area (Å²) < 4.78 is 37.2. The Kier molecular flexibility index (Phi) is 7.21. The van der Waals surface area contributed by atoms with Crippen LogP contribution in [0.2, 0.25) is 0 Å². The third-order valence-corrected chi connectivity index (χ3v) is 4.77. The highest BCUT2D eigenvalue weighted by Gasteiger charge is 2.08. The van der Waals surface area contributed by atoms with Gasteiger partial charge in [-0.05, 0) is 41.0 Å². The first kappa shape index (κ1) is 21.5. The maximum absolute atomic E-state index is 12.2. The van der Waals surface area contributed by atoms with Crippen LogP contribution in [0, 0.1) is 0 Å².